The van der Waals surface area contributed by atoms with Gasteiger partial charge in [-0.15, -0.1) is 0 Å². The number of benzene rings is 4. The molecule has 0 saturated carbocycles. The maximum Gasteiger partial charge on any atom is 0.270 e. The first kappa shape index (κ1) is 28.2. The van der Waals surface area contributed by atoms with Crippen molar-refractivity contribution in [1.82, 2.24) is 4.90 Å². The van der Waals surface area contributed by atoms with Crippen LogP contribution in [-0.2, 0) is 10.2 Å². The Balaban J connectivity index is 1.47. The number of para-hydroxylation sites is 1. The van der Waals surface area contributed by atoms with Crippen LogP contribution in [-0.4, -0.2) is 39.9 Å². The van der Waals surface area contributed by atoms with Crippen molar-refractivity contribution in [1.29, 1.82) is 0 Å². The third kappa shape index (κ3) is 4.26. The smallest absolute Gasteiger partial charge is 0.270 e. The van der Waals surface area contributed by atoms with E-state index in [1.54, 1.807) is 36.5 Å². The molecular formula is C36H29N3O6. The lowest BCUT2D eigenvalue weighted by atomic mass is 9.62. The molecule has 1 fully saturated rings. The Labute approximate surface area is 259 Å². The van der Waals surface area contributed by atoms with Gasteiger partial charge in [0.15, 0.2) is 11.6 Å². The highest BCUT2D eigenvalue weighted by molar-refractivity contribution is 6.16. The second-order valence-corrected chi connectivity index (χ2v) is 11.5. The molecule has 224 valence electrons. The van der Waals surface area contributed by atoms with Crippen molar-refractivity contribution in [3.05, 3.63) is 141 Å². The van der Waals surface area contributed by atoms with Crippen molar-refractivity contribution < 1.29 is 24.0 Å². The number of non-ortho nitro benzene ring substituents is 1. The molecule has 0 unspecified atom stereocenters. The van der Waals surface area contributed by atoms with E-state index in [2.05, 4.69) is 5.32 Å². The van der Waals surface area contributed by atoms with Crippen LogP contribution >= 0.6 is 0 Å². The molecule has 1 N–H and O–H groups in total. The third-order valence-electron chi connectivity index (χ3n) is 9.07. The zero-order valence-corrected chi connectivity index (χ0v) is 24.4. The standard InChI is InChI=1S/C36H29N3O6/c1-2-20-45-26-16-14-23(15-17-26)32(40)30-31(33(41)24-9-7-10-25(21-24)39(43)44)38-19-18-22-8-3-4-11-27(22)34(38)36(30)28-12-5-6-13-29(28)37-35(36)42/h3-19,21,30-31,34H,2,20H2,1H3,(H,37,42)/t30-,31+,34-,36-/m0/s1. The van der Waals surface area contributed by atoms with Gasteiger partial charge in [0.25, 0.3) is 5.69 Å². The average Bonchev–Trinajstić information content (AvgIpc) is 3.55. The molecule has 3 aliphatic heterocycles. The SMILES string of the molecule is CCCOc1ccc(C(=O)[C@@H]2[C@H](C(=O)c3cccc([N+](=O)[O-])c3)N3C=Cc4ccccc4[C@H]3[C@@]23C(=O)Nc2ccccc23)cc1. The monoisotopic (exact) mass is 599 g/mol. The van der Waals surface area contributed by atoms with E-state index < -0.39 is 34.1 Å². The molecule has 1 amide bonds. The molecule has 7 rings (SSSR count). The number of anilines is 1. The normalized spacial score (nSPS) is 22.4. The molecule has 0 aromatic heterocycles. The highest BCUT2D eigenvalue weighted by Crippen LogP contribution is 2.62. The van der Waals surface area contributed by atoms with E-state index in [0.29, 0.717) is 29.2 Å². The number of nitro benzene ring substituents is 1. The van der Waals surface area contributed by atoms with E-state index in [1.807, 2.05) is 60.4 Å². The summed E-state index contributed by atoms with van der Waals surface area (Å²) in [6.45, 7) is 2.53. The van der Waals surface area contributed by atoms with Crippen LogP contribution in [0.2, 0.25) is 0 Å². The zero-order chi connectivity index (χ0) is 31.3. The predicted octanol–water partition coefficient (Wildman–Crippen LogP) is 6.37. The number of rotatable bonds is 8. The number of amides is 1. The maximum absolute atomic E-state index is 14.9. The summed E-state index contributed by atoms with van der Waals surface area (Å²) in [5.41, 5.74) is 1.58. The minimum Gasteiger partial charge on any atom is -0.494 e. The van der Waals surface area contributed by atoms with Gasteiger partial charge in [-0.3, -0.25) is 24.5 Å². The Morgan fingerprint density at radius 1 is 0.933 bits per heavy atom. The van der Waals surface area contributed by atoms with Gasteiger partial charge in [-0.05, 0) is 59.5 Å². The quantitative estimate of drug-likeness (QED) is 0.142. The summed E-state index contributed by atoms with van der Waals surface area (Å²) in [7, 11) is 0. The first-order valence-corrected chi connectivity index (χ1v) is 14.9. The van der Waals surface area contributed by atoms with Crippen molar-refractivity contribution in [2.24, 2.45) is 5.92 Å². The van der Waals surface area contributed by atoms with Gasteiger partial charge in [0, 0.05) is 35.1 Å². The molecule has 45 heavy (non-hydrogen) atoms. The highest BCUT2D eigenvalue weighted by Gasteiger charge is 2.70. The molecule has 4 atom stereocenters. The van der Waals surface area contributed by atoms with Gasteiger partial charge in [0.1, 0.15) is 17.2 Å². The van der Waals surface area contributed by atoms with Crippen LogP contribution in [0.5, 0.6) is 5.75 Å². The fraction of sp³-hybridized carbons (Fsp3) is 0.194. The summed E-state index contributed by atoms with van der Waals surface area (Å²) < 4.78 is 5.73. The fourth-order valence-electron chi connectivity index (χ4n) is 7.23. The number of ether oxygens (including phenoxy) is 1. The first-order chi connectivity index (χ1) is 21.9. The van der Waals surface area contributed by atoms with E-state index in [-0.39, 0.29) is 22.9 Å². The average molecular weight is 600 g/mol. The topological polar surface area (TPSA) is 119 Å². The van der Waals surface area contributed by atoms with E-state index in [0.717, 1.165) is 17.5 Å². The van der Waals surface area contributed by atoms with Crippen LogP contribution in [0.15, 0.2) is 103 Å². The van der Waals surface area contributed by atoms with Gasteiger partial charge >= 0.3 is 0 Å². The van der Waals surface area contributed by atoms with Crippen LogP contribution in [0, 0.1) is 16.0 Å². The molecule has 4 aromatic carbocycles. The zero-order valence-electron chi connectivity index (χ0n) is 24.4. The summed E-state index contributed by atoms with van der Waals surface area (Å²) in [4.78, 5) is 57.1. The molecule has 1 spiro atoms. The summed E-state index contributed by atoms with van der Waals surface area (Å²) in [6, 6.07) is 25.3. The number of nitro groups is 1. The largest absolute Gasteiger partial charge is 0.494 e. The summed E-state index contributed by atoms with van der Waals surface area (Å²) in [5, 5.41) is 14.7. The van der Waals surface area contributed by atoms with Gasteiger partial charge < -0.3 is 15.0 Å². The number of ketones is 2. The number of carbonyl (C=O) groups excluding carboxylic acids is 3. The Bertz CT molecular complexity index is 1900. The minimum absolute atomic E-state index is 0.0880. The van der Waals surface area contributed by atoms with Crippen molar-refractivity contribution >= 4 is 34.9 Å². The van der Waals surface area contributed by atoms with Gasteiger partial charge in [0.2, 0.25) is 5.91 Å². The second kappa shape index (κ2) is 10.9. The summed E-state index contributed by atoms with van der Waals surface area (Å²) in [5.74, 6) is -1.82. The first-order valence-electron chi connectivity index (χ1n) is 14.9. The molecule has 0 aliphatic carbocycles. The Morgan fingerprint density at radius 3 is 2.47 bits per heavy atom. The Hall–Kier alpha value is -5.57. The predicted molar refractivity (Wildman–Crippen MR) is 168 cm³/mol. The number of nitrogens with zero attached hydrogens (tertiary/aromatic N) is 2. The van der Waals surface area contributed by atoms with Gasteiger partial charge in [-0.25, -0.2) is 0 Å². The molecule has 4 aromatic rings. The van der Waals surface area contributed by atoms with Crippen LogP contribution in [0.1, 0.15) is 56.8 Å². The lowest BCUT2D eigenvalue weighted by molar-refractivity contribution is -0.384. The van der Waals surface area contributed by atoms with Crippen molar-refractivity contribution in [2.75, 3.05) is 11.9 Å². The molecule has 9 heteroatoms. The lowest BCUT2D eigenvalue weighted by Gasteiger charge is -2.38. The molecule has 3 aliphatic rings. The molecule has 0 bridgehead atoms. The van der Waals surface area contributed by atoms with Gasteiger partial charge in [-0.2, -0.15) is 0 Å². The maximum atomic E-state index is 14.9. The van der Waals surface area contributed by atoms with Gasteiger partial charge in [0.05, 0.1) is 23.5 Å². The van der Waals surface area contributed by atoms with E-state index in [1.165, 1.54) is 24.3 Å². The van der Waals surface area contributed by atoms with Crippen LogP contribution < -0.4 is 10.1 Å². The van der Waals surface area contributed by atoms with Crippen LogP contribution in [0.3, 0.4) is 0 Å². The Kier molecular flexibility index (Phi) is 6.81. The van der Waals surface area contributed by atoms with E-state index in [9.17, 15) is 24.5 Å². The van der Waals surface area contributed by atoms with Crippen molar-refractivity contribution in [3.63, 3.8) is 0 Å². The molecule has 1 saturated heterocycles. The third-order valence-corrected chi connectivity index (χ3v) is 9.07. The number of carbonyl (C=O) groups is 3. The van der Waals surface area contributed by atoms with E-state index >= 15 is 0 Å². The lowest BCUT2D eigenvalue weighted by Crippen LogP contribution is -2.49. The van der Waals surface area contributed by atoms with E-state index in [4.69, 9.17) is 4.74 Å². The second-order valence-electron chi connectivity index (χ2n) is 11.5. The van der Waals surface area contributed by atoms with Crippen molar-refractivity contribution in [3.8, 4) is 5.75 Å². The number of nitrogens with one attached hydrogen (secondary N) is 1. The summed E-state index contributed by atoms with van der Waals surface area (Å²) in [6.07, 6.45) is 4.48. The number of Topliss-reactive ketones (excluding diaryl/α,β-unsaturated/α-hetero) is 2. The number of hydrogen-bond acceptors (Lipinski definition) is 7. The molecular weight excluding hydrogens is 570 g/mol. The van der Waals surface area contributed by atoms with Crippen molar-refractivity contribution in [2.45, 2.75) is 30.8 Å². The molecule has 3 heterocycles. The number of fused-ring (bicyclic) bond motifs is 6. The summed E-state index contributed by atoms with van der Waals surface area (Å²) >= 11 is 0. The Morgan fingerprint density at radius 2 is 1.69 bits per heavy atom. The van der Waals surface area contributed by atoms with Crippen LogP contribution in [0.4, 0.5) is 11.4 Å². The van der Waals surface area contributed by atoms with Crippen LogP contribution in [0.25, 0.3) is 6.08 Å². The van der Waals surface area contributed by atoms with Gasteiger partial charge in [-0.1, -0.05) is 61.5 Å². The molecule has 0 radical (unpaired) electrons. The highest BCUT2D eigenvalue weighted by atomic mass is 16.6. The molecule has 9 nitrogen and oxygen atoms in total. The minimum atomic E-state index is -1.49. The number of hydrogen-bond donors (Lipinski definition) is 1. The fourth-order valence-corrected chi connectivity index (χ4v) is 7.23.